The van der Waals surface area contributed by atoms with E-state index in [2.05, 4.69) is 20.9 Å². The molecule has 0 aliphatic rings. The monoisotopic (exact) mass is 326 g/mol. The zero-order valence-electron chi connectivity index (χ0n) is 13.1. The van der Waals surface area contributed by atoms with Crippen LogP contribution in [0.4, 0.5) is 17.1 Å². The highest BCUT2D eigenvalue weighted by molar-refractivity contribution is 6.39. The van der Waals surface area contributed by atoms with Crippen molar-refractivity contribution in [2.24, 2.45) is 10.2 Å². The summed E-state index contributed by atoms with van der Waals surface area (Å²) in [7, 11) is 0. The number of aliphatic hydroxyl groups is 1. The molecule has 1 unspecified atom stereocenters. The third kappa shape index (κ3) is 5.29. The van der Waals surface area contributed by atoms with Crippen LogP contribution >= 0.6 is 0 Å². The zero-order valence-corrected chi connectivity index (χ0v) is 13.1. The fourth-order valence-corrected chi connectivity index (χ4v) is 1.74. The third-order valence-corrected chi connectivity index (χ3v) is 3.02. The minimum Gasteiger partial charge on any atom is -0.394 e. The summed E-state index contributed by atoms with van der Waals surface area (Å²) in [6.45, 7) is 1.36. The first-order valence-corrected chi connectivity index (χ1v) is 7.38. The van der Waals surface area contributed by atoms with Gasteiger partial charge in [-0.1, -0.05) is 18.2 Å². The summed E-state index contributed by atoms with van der Waals surface area (Å²) >= 11 is 0. The van der Waals surface area contributed by atoms with Gasteiger partial charge in [0.2, 0.25) is 0 Å². The van der Waals surface area contributed by atoms with Crippen molar-refractivity contribution in [3.8, 4) is 0 Å². The minimum absolute atomic E-state index is 0.236. The number of hydrogen-bond donors (Lipinski definition) is 3. The summed E-state index contributed by atoms with van der Waals surface area (Å²) in [6.07, 6.45) is 0. The zero-order chi connectivity index (χ0) is 17.4. The molecule has 2 rings (SSSR count). The molecular formula is C17H18N4O3. The molecule has 24 heavy (non-hydrogen) atoms. The highest BCUT2D eigenvalue weighted by Crippen LogP contribution is 2.19. The fraction of sp³-hybridized carbons (Fsp3) is 0.176. The molecule has 7 heteroatoms. The quantitative estimate of drug-likeness (QED) is 0.581. The van der Waals surface area contributed by atoms with Gasteiger partial charge in [-0.15, -0.1) is 0 Å². The van der Waals surface area contributed by atoms with Crippen LogP contribution in [-0.2, 0) is 9.59 Å². The van der Waals surface area contributed by atoms with E-state index in [1.165, 1.54) is 0 Å². The van der Waals surface area contributed by atoms with Crippen molar-refractivity contribution >= 4 is 28.9 Å². The predicted octanol–water partition coefficient (Wildman–Crippen LogP) is 2.54. The van der Waals surface area contributed by atoms with E-state index >= 15 is 0 Å². The van der Waals surface area contributed by atoms with Crippen LogP contribution in [0, 0.1) is 0 Å². The van der Waals surface area contributed by atoms with Crippen molar-refractivity contribution < 1.29 is 14.7 Å². The lowest BCUT2D eigenvalue weighted by Gasteiger charge is -2.10. The van der Waals surface area contributed by atoms with Gasteiger partial charge >= 0.3 is 11.8 Å². The second-order valence-corrected chi connectivity index (χ2v) is 5.09. The lowest BCUT2D eigenvalue weighted by atomic mass is 10.3. The molecule has 2 aromatic rings. The molecule has 0 bridgehead atoms. The maximum absolute atomic E-state index is 11.7. The SMILES string of the molecule is CC(CO)NC(=O)C(=O)Nc1ccc(N=Nc2ccccc2)cc1. The molecule has 2 aromatic carbocycles. The molecular weight excluding hydrogens is 308 g/mol. The number of carbonyl (C=O) groups is 2. The third-order valence-electron chi connectivity index (χ3n) is 3.02. The molecule has 0 fully saturated rings. The number of amides is 2. The van der Waals surface area contributed by atoms with Gasteiger partial charge in [0, 0.05) is 11.7 Å². The Hall–Kier alpha value is -3.06. The standard InChI is InChI=1S/C17H18N4O3/c1-12(11-22)18-16(23)17(24)19-13-7-9-15(10-8-13)21-20-14-5-3-2-4-6-14/h2-10,12,22H,11H2,1H3,(H,18,23)(H,19,24). The normalized spacial score (nSPS) is 11.9. The molecule has 0 heterocycles. The predicted molar refractivity (Wildman–Crippen MR) is 90.4 cm³/mol. The van der Waals surface area contributed by atoms with Gasteiger partial charge in [0.15, 0.2) is 0 Å². The highest BCUT2D eigenvalue weighted by Gasteiger charge is 2.15. The second-order valence-electron chi connectivity index (χ2n) is 5.09. The fourth-order valence-electron chi connectivity index (χ4n) is 1.74. The number of carbonyl (C=O) groups excluding carboxylic acids is 2. The van der Waals surface area contributed by atoms with Gasteiger partial charge in [-0.25, -0.2) is 0 Å². The molecule has 1 atom stereocenters. The van der Waals surface area contributed by atoms with Crippen LogP contribution < -0.4 is 10.6 Å². The number of benzene rings is 2. The molecule has 3 N–H and O–H groups in total. The van der Waals surface area contributed by atoms with Crippen LogP contribution in [0.5, 0.6) is 0 Å². The van der Waals surface area contributed by atoms with Gasteiger partial charge in [-0.05, 0) is 43.3 Å². The lowest BCUT2D eigenvalue weighted by Crippen LogP contribution is -2.42. The van der Waals surface area contributed by atoms with Crippen LogP contribution in [0.25, 0.3) is 0 Å². The Morgan fingerprint density at radius 2 is 1.54 bits per heavy atom. The molecule has 0 aliphatic carbocycles. The second kappa shape index (κ2) is 8.54. The number of anilines is 1. The summed E-state index contributed by atoms with van der Waals surface area (Å²) in [5.74, 6) is -1.60. The maximum Gasteiger partial charge on any atom is 0.313 e. The first-order valence-electron chi connectivity index (χ1n) is 7.38. The van der Waals surface area contributed by atoms with Crippen LogP contribution in [0.1, 0.15) is 6.92 Å². The summed E-state index contributed by atoms with van der Waals surface area (Å²) in [4.78, 5) is 23.3. The molecule has 2 amide bonds. The lowest BCUT2D eigenvalue weighted by molar-refractivity contribution is -0.136. The van der Waals surface area contributed by atoms with E-state index in [-0.39, 0.29) is 6.61 Å². The Kier molecular flexibility index (Phi) is 6.16. The van der Waals surface area contributed by atoms with Crippen molar-refractivity contribution in [2.45, 2.75) is 13.0 Å². The number of aliphatic hydroxyl groups excluding tert-OH is 1. The summed E-state index contributed by atoms with van der Waals surface area (Å²) in [5.41, 5.74) is 1.82. The molecule has 0 radical (unpaired) electrons. The summed E-state index contributed by atoms with van der Waals surface area (Å²) in [5, 5.41) is 21.9. The highest BCUT2D eigenvalue weighted by atomic mass is 16.3. The average Bonchev–Trinajstić information content (AvgIpc) is 2.61. The molecule has 7 nitrogen and oxygen atoms in total. The first-order chi connectivity index (χ1) is 11.6. The van der Waals surface area contributed by atoms with Gasteiger partial charge in [-0.3, -0.25) is 9.59 Å². The van der Waals surface area contributed by atoms with Crippen molar-refractivity contribution in [3.63, 3.8) is 0 Å². The molecule has 124 valence electrons. The number of hydrogen-bond acceptors (Lipinski definition) is 5. The van der Waals surface area contributed by atoms with E-state index in [1.54, 1.807) is 31.2 Å². The van der Waals surface area contributed by atoms with Gasteiger partial charge < -0.3 is 15.7 Å². The van der Waals surface area contributed by atoms with Crippen LogP contribution in [0.2, 0.25) is 0 Å². The van der Waals surface area contributed by atoms with Crippen LogP contribution in [0.3, 0.4) is 0 Å². The maximum atomic E-state index is 11.7. The Balaban J connectivity index is 1.93. The van der Waals surface area contributed by atoms with E-state index in [4.69, 9.17) is 5.11 Å². The Labute approximate surface area is 139 Å². The number of rotatable bonds is 5. The molecule has 0 saturated heterocycles. The Morgan fingerprint density at radius 3 is 2.12 bits per heavy atom. The topological polar surface area (TPSA) is 103 Å². The summed E-state index contributed by atoms with van der Waals surface area (Å²) in [6, 6.07) is 15.4. The Morgan fingerprint density at radius 1 is 0.958 bits per heavy atom. The van der Waals surface area contributed by atoms with Crippen molar-refractivity contribution in [3.05, 3.63) is 54.6 Å². The largest absolute Gasteiger partial charge is 0.394 e. The van der Waals surface area contributed by atoms with Gasteiger partial charge in [0.1, 0.15) is 0 Å². The number of nitrogens with one attached hydrogen (secondary N) is 2. The van der Waals surface area contributed by atoms with Crippen LogP contribution in [-0.4, -0.2) is 29.6 Å². The van der Waals surface area contributed by atoms with Crippen molar-refractivity contribution in [1.82, 2.24) is 5.32 Å². The van der Waals surface area contributed by atoms with E-state index in [0.29, 0.717) is 11.4 Å². The van der Waals surface area contributed by atoms with E-state index in [0.717, 1.165) is 5.69 Å². The summed E-state index contributed by atoms with van der Waals surface area (Å²) < 4.78 is 0. The van der Waals surface area contributed by atoms with E-state index in [9.17, 15) is 9.59 Å². The molecule has 0 spiro atoms. The smallest absolute Gasteiger partial charge is 0.313 e. The molecule has 0 aromatic heterocycles. The van der Waals surface area contributed by atoms with Gasteiger partial charge in [0.05, 0.1) is 18.0 Å². The first kappa shape index (κ1) is 17.3. The van der Waals surface area contributed by atoms with Crippen molar-refractivity contribution in [2.75, 3.05) is 11.9 Å². The number of azo groups is 1. The van der Waals surface area contributed by atoms with E-state index < -0.39 is 17.9 Å². The van der Waals surface area contributed by atoms with Crippen molar-refractivity contribution in [1.29, 1.82) is 0 Å². The number of nitrogens with zero attached hydrogens (tertiary/aromatic N) is 2. The Bertz CT molecular complexity index is 714. The average molecular weight is 326 g/mol. The van der Waals surface area contributed by atoms with Crippen LogP contribution in [0.15, 0.2) is 64.8 Å². The minimum atomic E-state index is -0.801. The molecule has 0 saturated carbocycles. The van der Waals surface area contributed by atoms with Gasteiger partial charge in [0.25, 0.3) is 0 Å². The van der Waals surface area contributed by atoms with E-state index in [1.807, 2.05) is 30.3 Å². The van der Waals surface area contributed by atoms with Gasteiger partial charge in [-0.2, -0.15) is 10.2 Å². The molecule has 0 aliphatic heterocycles.